The molecule has 2 aromatic heterocycles. The van der Waals surface area contributed by atoms with E-state index in [2.05, 4.69) is 29.4 Å². The molecular formula is C26H25N3OS. The zero-order valence-electron chi connectivity index (χ0n) is 17.6. The van der Waals surface area contributed by atoms with E-state index in [1.165, 1.54) is 16.9 Å². The molecule has 2 N–H and O–H groups in total. The molecule has 0 fully saturated rings. The Bertz CT molecular complexity index is 1270. The highest BCUT2D eigenvalue weighted by atomic mass is 32.1. The predicted molar refractivity (Wildman–Crippen MR) is 129 cm³/mol. The summed E-state index contributed by atoms with van der Waals surface area (Å²) in [6.45, 7) is 2.59. The van der Waals surface area contributed by atoms with Crippen LogP contribution in [-0.4, -0.2) is 17.1 Å². The van der Waals surface area contributed by atoms with Crippen LogP contribution in [0.25, 0.3) is 10.9 Å². The minimum Gasteiger partial charge on any atom is -0.358 e. The molecule has 0 radical (unpaired) electrons. The number of carbonyl (C=O) groups excluding carboxylic acids is 1. The van der Waals surface area contributed by atoms with Crippen molar-refractivity contribution >= 4 is 39.4 Å². The molecule has 0 spiro atoms. The minimum absolute atomic E-state index is 0.0222. The minimum atomic E-state index is -0.0222. The fourth-order valence-electron chi connectivity index (χ4n) is 4.33. The number of nitrogens with one attached hydrogen (secondary N) is 2. The average molecular weight is 428 g/mol. The molecule has 1 amide bonds. The third-order valence-electron chi connectivity index (χ3n) is 5.93. The van der Waals surface area contributed by atoms with Crippen molar-refractivity contribution in [2.75, 3.05) is 0 Å². The topological polar surface area (TPSA) is 57.2 Å². The average Bonchev–Trinajstić information content (AvgIpc) is 3.33. The van der Waals surface area contributed by atoms with Crippen molar-refractivity contribution in [3.63, 3.8) is 0 Å². The molecule has 5 heteroatoms. The number of amides is 1. The van der Waals surface area contributed by atoms with Gasteiger partial charge in [-0.2, -0.15) is 0 Å². The van der Waals surface area contributed by atoms with Crippen molar-refractivity contribution in [2.45, 2.75) is 39.2 Å². The molecule has 1 aliphatic rings. The Morgan fingerprint density at radius 1 is 1.10 bits per heavy atom. The number of carbonyl (C=O) groups is 1. The van der Waals surface area contributed by atoms with E-state index in [4.69, 9.17) is 4.99 Å². The Balaban J connectivity index is 1.48. The van der Waals surface area contributed by atoms with Gasteiger partial charge in [-0.25, -0.2) is 4.99 Å². The summed E-state index contributed by atoms with van der Waals surface area (Å²) in [5, 5.41) is 5.09. The van der Waals surface area contributed by atoms with Crippen molar-refractivity contribution in [3.05, 3.63) is 87.4 Å². The first-order valence-electron chi connectivity index (χ1n) is 10.8. The van der Waals surface area contributed by atoms with Gasteiger partial charge in [-0.3, -0.25) is 4.79 Å². The number of H-pyrrole nitrogens is 1. The number of aromatic amines is 1. The maximum Gasteiger partial charge on any atom is 0.254 e. The number of aliphatic imine (C=N–C) groups is 1. The second-order valence-electron chi connectivity index (χ2n) is 8.03. The second kappa shape index (κ2) is 8.52. The Labute approximate surface area is 186 Å². The number of aromatic nitrogens is 1. The number of hydrogen-bond acceptors (Lipinski definition) is 3. The van der Waals surface area contributed by atoms with E-state index in [1.54, 1.807) is 11.3 Å². The zero-order valence-corrected chi connectivity index (χ0v) is 18.4. The molecule has 156 valence electrons. The van der Waals surface area contributed by atoms with Crippen LogP contribution in [0.1, 0.15) is 50.5 Å². The van der Waals surface area contributed by atoms with Crippen molar-refractivity contribution in [3.8, 4) is 0 Å². The van der Waals surface area contributed by atoms with Crippen LogP contribution < -0.4 is 5.32 Å². The highest BCUT2D eigenvalue weighted by Gasteiger charge is 2.25. The molecule has 2 aromatic carbocycles. The van der Waals surface area contributed by atoms with Crippen LogP contribution >= 0.6 is 11.3 Å². The highest BCUT2D eigenvalue weighted by Crippen LogP contribution is 2.40. The molecule has 0 atom stereocenters. The van der Waals surface area contributed by atoms with Gasteiger partial charge in [0.25, 0.3) is 5.91 Å². The summed E-state index contributed by atoms with van der Waals surface area (Å²) in [4.78, 5) is 22.8. The third kappa shape index (κ3) is 3.93. The Kier molecular flexibility index (Phi) is 5.43. The number of benzene rings is 2. The molecule has 0 bridgehead atoms. The Hall–Kier alpha value is -3.18. The van der Waals surface area contributed by atoms with E-state index in [9.17, 15) is 4.79 Å². The number of fused-ring (bicyclic) bond motifs is 2. The largest absolute Gasteiger partial charge is 0.358 e. The number of para-hydroxylation sites is 1. The van der Waals surface area contributed by atoms with Gasteiger partial charge >= 0.3 is 0 Å². The van der Waals surface area contributed by atoms with E-state index < -0.39 is 0 Å². The fourth-order valence-corrected chi connectivity index (χ4v) is 5.56. The maximum absolute atomic E-state index is 13.2. The lowest BCUT2D eigenvalue weighted by molar-refractivity contribution is 0.0951. The van der Waals surface area contributed by atoms with Crippen molar-refractivity contribution < 1.29 is 4.79 Å². The van der Waals surface area contributed by atoms with Gasteiger partial charge in [-0.1, -0.05) is 48.5 Å². The Morgan fingerprint density at radius 3 is 2.74 bits per heavy atom. The number of nitrogens with zero attached hydrogens (tertiary/aromatic N) is 1. The SMILES string of the molecule is Cc1[nH]c2ccccc2c1/C=N/c1sc2c(c1C(=O)NCc1ccccc1)CCCC2. The summed E-state index contributed by atoms with van der Waals surface area (Å²) in [5.41, 5.74) is 6.33. The van der Waals surface area contributed by atoms with Gasteiger partial charge < -0.3 is 10.3 Å². The summed E-state index contributed by atoms with van der Waals surface area (Å²) in [6.07, 6.45) is 6.23. The first kappa shape index (κ1) is 19.8. The van der Waals surface area contributed by atoms with E-state index in [0.717, 1.165) is 57.6 Å². The molecule has 2 heterocycles. The highest BCUT2D eigenvalue weighted by molar-refractivity contribution is 7.16. The first-order valence-corrected chi connectivity index (χ1v) is 11.6. The summed E-state index contributed by atoms with van der Waals surface area (Å²) in [7, 11) is 0. The lowest BCUT2D eigenvalue weighted by Crippen LogP contribution is -2.24. The van der Waals surface area contributed by atoms with Gasteiger partial charge in [0.05, 0.1) is 5.56 Å². The lowest BCUT2D eigenvalue weighted by atomic mass is 9.95. The second-order valence-corrected chi connectivity index (χ2v) is 9.11. The normalized spacial score (nSPS) is 13.6. The Morgan fingerprint density at radius 2 is 1.87 bits per heavy atom. The molecule has 0 unspecified atom stereocenters. The summed E-state index contributed by atoms with van der Waals surface area (Å²) in [6, 6.07) is 18.3. The molecule has 0 saturated heterocycles. The van der Waals surface area contributed by atoms with Crippen LogP contribution in [0, 0.1) is 6.92 Å². The van der Waals surface area contributed by atoms with Gasteiger partial charge in [-0.05, 0) is 49.8 Å². The van der Waals surface area contributed by atoms with Gasteiger partial charge in [-0.15, -0.1) is 11.3 Å². The van der Waals surface area contributed by atoms with Crippen LogP contribution in [0.5, 0.6) is 0 Å². The van der Waals surface area contributed by atoms with Gasteiger partial charge in [0.2, 0.25) is 0 Å². The van der Waals surface area contributed by atoms with E-state index >= 15 is 0 Å². The van der Waals surface area contributed by atoms with Crippen LogP contribution in [0.4, 0.5) is 5.00 Å². The predicted octanol–water partition coefficient (Wildman–Crippen LogP) is 6.10. The fraction of sp³-hybridized carbons (Fsp3) is 0.231. The van der Waals surface area contributed by atoms with Gasteiger partial charge in [0.1, 0.15) is 5.00 Å². The number of aryl methyl sites for hydroxylation is 2. The van der Waals surface area contributed by atoms with Crippen LogP contribution in [0.3, 0.4) is 0 Å². The molecule has 31 heavy (non-hydrogen) atoms. The summed E-state index contributed by atoms with van der Waals surface area (Å²) in [5.74, 6) is -0.0222. The molecular weight excluding hydrogens is 402 g/mol. The van der Waals surface area contributed by atoms with Crippen LogP contribution in [0.2, 0.25) is 0 Å². The van der Waals surface area contributed by atoms with E-state index in [0.29, 0.717) is 6.54 Å². The van der Waals surface area contributed by atoms with E-state index in [1.807, 2.05) is 48.7 Å². The summed E-state index contributed by atoms with van der Waals surface area (Å²) >= 11 is 1.68. The third-order valence-corrected chi connectivity index (χ3v) is 7.13. The number of rotatable bonds is 5. The molecule has 0 aliphatic heterocycles. The maximum atomic E-state index is 13.2. The number of thiophene rings is 1. The smallest absolute Gasteiger partial charge is 0.254 e. The van der Waals surface area contributed by atoms with Crippen molar-refractivity contribution in [1.29, 1.82) is 0 Å². The quantitative estimate of drug-likeness (QED) is 0.372. The van der Waals surface area contributed by atoms with E-state index in [-0.39, 0.29) is 5.91 Å². The van der Waals surface area contributed by atoms with Gasteiger partial charge in [0, 0.05) is 39.8 Å². The standard InChI is InChI=1S/C26H25N3OS/c1-17-21(19-11-5-7-13-22(19)29-17)16-28-26-24(20-12-6-8-14-23(20)31-26)25(30)27-15-18-9-3-2-4-10-18/h2-5,7,9-11,13,16,29H,6,8,12,14-15H2,1H3,(H,27,30)/b28-16+. The van der Waals surface area contributed by atoms with Crippen molar-refractivity contribution in [1.82, 2.24) is 10.3 Å². The zero-order chi connectivity index (χ0) is 21.2. The van der Waals surface area contributed by atoms with Crippen LogP contribution in [-0.2, 0) is 19.4 Å². The molecule has 0 saturated carbocycles. The number of hydrogen-bond donors (Lipinski definition) is 2. The molecule has 4 nitrogen and oxygen atoms in total. The van der Waals surface area contributed by atoms with Crippen molar-refractivity contribution in [2.24, 2.45) is 4.99 Å². The molecule has 4 aromatic rings. The first-order chi connectivity index (χ1) is 15.2. The summed E-state index contributed by atoms with van der Waals surface area (Å²) < 4.78 is 0. The molecule has 5 rings (SSSR count). The van der Waals surface area contributed by atoms with Gasteiger partial charge in [0.15, 0.2) is 0 Å². The monoisotopic (exact) mass is 427 g/mol. The molecule has 1 aliphatic carbocycles. The van der Waals surface area contributed by atoms with Crippen LogP contribution in [0.15, 0.2) is 59.6 Å². The lowest BCUT2D eigenvalue weighted by Gasteiger charge is -2.12.